The van der Waals surface area contributed by atoms with Gasteiger partial charge in [0.2, 0.25) is 5.91 Å². The topological polar surface area (TPSA) is 143 Å². The van der Waals surface area contributed by atoms with Gasteiger partial charge in [0.05, 0.1) is 5.02 Å². The van der Waals surface area contributed by atoms with Crippen LogP contribution in [0.3, 0.4) is 0 Å². The average molecular weight is 422 g/mol. The summed E-state index contributed by atoms with van der Waals surface area (Å²) in [4.78, 5) is 31.8. The van der Waals surface area contributed by atoms with Gasteiger partial charge in [-0.1, -0.05) is 24.6 Å². The van der Waals surface area contributed by atoms with Gasteiger partial charge in [-0.05, 0) is 30.2 Å². The van der Waals surface area contributed by atoms with Gasteiger partial charge >= 0.3 is 0 Å². The highest BCUT2D eigenvalue weighted by atomic mass is 35.5. The molecule has 3 aromatic rings. The Hall–Kier alpha value is -2.75. The molecule has 1 unspecified atom stereocenters. The Labute approximate surface area is 165 Å². The number of carbonyl (C=O) groups is 2. The molecular weight excluding hydrogens is 406 g/mol. The van der Waals surface area contributed by atoms with E-state index in [-0.39, 0.29) is 28.7 Å². The molecule has 0 bridgehead atoms. The SMILES string of the molecule is CCC(c1ccc(C(N)=O)cc1C(=O)c1c[nH]c2ncc(Cl)cc12)S(=O)(=O)O. The van der Waals surface area contributed by atoms with Gasteiger partial charge in [-0.2, -0.15) is 8.42 Å². The zero-order chi connectivity index (χ0) is 20.6. The number of benzene rings is 1. The zero-order valence-electron chi connectivity index (χ0n) is 14.6. The van der Waals surface area contributed by atoms with Gasteiger partial charge in [0, 0.05) is 34.5 Å². The van der Waals surface area contributed by atoms with Crippen LogP contribution in [0.4, 0.5) is 0 Å². The summed E-state index contributed by atoms with van der Waals surface area (Å²) in [5.74, 6) is -1.33. The summed E-state index contributed by atoms with van der Waals surface area (Å²) in [6.45, 7) is 1.56. The third kappa shape index (κ3) is 3.64. The minimum Gasteiger partial charge on any atom is -0.366 e. The predicted octanol–water partition coefficient (Wildman–Crippen LogP) is 2.89. The number of carbonyl (C=O) groups excluding carboxylic acids is 2. The van der Waals surface area contributed by atoms with Crippen LogP contribution in [-0.4, -0.2) is 34.6 Å². The van der Waals surface area contributed by atoms with Crippen molar-refractivity contribution in [2.75, 3.05) is 0 Å². The minimum absolute atomic E-state index is 0.0241. The van der Waals surface area contributed by atoms with E-state index in [2.05, 4.69) is 9.97 Å². The summed E-state index contributed by atoms with van der Waals surface area (Å²) in [7, 11) is -4.48. The van der Waals surface area contributed by atoms with E-state index in [9.17, 15) is 22.6 Å². The summed E-state index contributed by atoms with van der Waals surface area (Å²) in [5.41, 5.74) is 5.97. The van der Waals surface area contributed by atoms with Crippen molar-refractivity contribution < 1.29 is 22.6 Å². The van der Waals surface area contributed by atoms with Crippen LogP contribution in [0.25, 0.3) is 11.0 Å². The number of primary amides is 1. The molecule has 2 heterocycles. The van der Waals surface area contributed by atoms with Crippen molar-refractivity contribution in [3.05, 3.63) is 63.9 Å². The molecule has 2 aromatic heterocycles. The van der Waals surface area contributed by atoms with Crippen LogP contribution in [0.5, 0.6) is 0 Å². The lowest BCUT2D eigenvalue weighted by Gasteiger charge is -2.16. The van der Waals surface area contributed by atoms with Gasteiger partial charge in [-0.25, -0.2) is 4.98 Å². The summed E-state index contributed by atoms with van der Waals surface area (Å²) >= 11 is 5.97. The van der Waals surface area contributed by atoms with Gasteiger partial charge in [0.15, 0.2) is 5.78 Å². The van der Waals surface area contributed by atoms with Crippen LogP contribution in [0.2, 0.25) is 5.02 Å². The molecule has 0 saturated carbocycles. The molecule has 1 aromatic carbocycles. The highest BCUT2D eigenvalue weighted by molar-refractivity contribution is 7.86. The lowest BCUT2D eigenvalue weighted by atomic mass is 9.93. The third-order valence-corrected chi connectivity index (χ3v) is 5.92. The van der Waals surface area contributed by atoms with E-state index in [0.717, 1.165) is 0 Å². The molecule has 0 aliphatic carbocycles. The second-order valence-electron chi connectivity index (χ2n) is 6.16. The van der Waals surface area contributed by atoms with Gasteiger partial charge < -0.3 is 10.7 Å². The van der Waals surface area contributed by atoms with Crippen LogP contribution in [0.1, 0.15) is 50.4 Å². The summed E-state index contributed by atoms with van der Waals surface area (Å²) in [5, 5.41) is -0.579. The molecule has 0 fully saturated rings. The lowest BCUT2D eigenvalue weighted by Crippen LogP contribution is -2.18. The van der Waals surface area contributed by atoms with Crippen LogP contribution in [0, 0.1) is 0 Å². The number of aromatic nitrogens is 2. The fourth-order valence-corrected chi connectivity index (χ4v) is 4.19. The molecule has 3 rings (SSSR count). The van der Waals surface area contributed by atoms with E-state index in [1.54, 1.807) is 13.0 Å². The van der Waals surface area contributed by atoms with E-state index in [1.807, 2.05) is 0 Å². The molecule has 10 heteroatoms. The molecule has 8 nitrogen and oxygen atoms in total. The quantitative estimate of drug-likeness (QED) is 0.412. The van der Waals surface area contributed by atoms with Crippen LogP contribution in [0.15, 0.2) is 36.7 Å². The maximum atomic E-state index is 13.3. The van der Waals surface area contributed by atoms with Crippen molar-refractivity contribution in [3.8, 4) is 0 Å². The number of halogens is 1. The first kappa shape index (κ1) is 20.0. The normalized spacial score (nSPS) is 12.8. The van der Waals surface area contributed by atoms with Crippen molar-refractivity contribution in [3.63, 3.8) is 0 Å². The van der Waals surface area contributed by atoms with E-state index >= 15 is 0 Å². The Morgan fingerprint density at radius 3 is 2.61 bits per heavy atom. The second-order valence-corrected chi connectivity index (χ2v) is 8.19. The number of fused-ring (bicyclic) bond motifs is 1. The van der Waals surface area contributed by atoms with Crippen molar-refractivity contribution in [1.29, 1.82) is 0 Å². The van der Waals surface area contributed by atoms with Gasteiger partial charge in [0.1, 0.15) is 10.9 Å². The molecular formula is C18H16ClN3O5S. The van der Waals surface area contributed by atoms with Crippen molar-refractivity contribution in [2.45, 2.75) is 18.6 Å². The molecule has 28 heavy (non-hydrogen) atoms. The zero-order valence-corrected chi connectivity index (χ0v) is 16.2. The number of hydrogen-bond acceptors (Lipinski definition) is 5. The highest BCUT2D eigenvalue weighted by Gasteiger charge is 2.29. The van der Waals surface area contributed by atoms with E-state index in [0.29, 0.717) is 16.1 Å². The molecule has 1 amide bonds. The molecule has 0 aliphatic rings. The summed E-state index contributed by atoms with van der Waals surface area (Å²) in [6.07, 6.45) is 2.86. The molecule has 146 valence electrons. The first-order chi connectivity index (χ1) is 13.1. The predicted molar refractivity (Wildman–Crippen MR) is 104 cm³/mol. The fraction of sp³-hybridized carbons (Fsp3) is 0.167. The molecule has 0 spiro atoms. The van der Waals surface area contributed by atoms with Crippen LogP contribution >= 0.6 is 11.6 Å². The largest absolute Gasteiger partial charge is 0.366 e. The number of amides is 1. The number of aromatic amines is 1. The fourth-order valence-electron chi connectivity index (χ4n) is 3.09. The van der Waals surface area contributed by atoms with E-state index in [1.165, 1.54) is 30.6 Å². The van der Waals surface area contributed by atoms with Crippen LogP contribution < -0.4 is 5.73 Å². The Bertz CT molecular complexity index is 1200. The summed E-state index contributed by atoms with van der Waals surface area (Å²) < 4.78 is 33.2. The number of nitrogens with one attached hydrogen (secondary N) is 1. The first-order valence-corrected chi connectivity index (χ1v) is 10.1. The maximum absolute atomic E-state index is 13.3. The molecule has 0 radical (unpaired) electrons. The molecule has 0 aliphatic heterocycles. The highest BCUT2D eigenvalue weighted by Crippen LogP contribution is 2.32. The monoisotopic (exact) mass is 421 g/mol. The van der Waals surface area contributed by atoms with Crippen molar-refractivity contribution >= 4 is 44.4 Å². The lowest BCUT2D eigenvalue weighted by molar-refractivity contribution is 0.1000. The minimum atomic E-state index is -4.48. The standard InChI is InChI=1S/C18H16ClN3O5S/c1-2-15(28(25,26)27)11-4-3-9(17(20)24)5-12(11)16(23)14-8-22-18-13(14)6-10(19)7-21-18/h3-8,15H,2H2,1H3,(H2,20,24)(H,21,22)(H,25,26,27). The third-order valence-electron chi connectivity index (χ3n) is 4.40. The number of ketones is 1. The van der Waals surface area contributed by atoms with Crippen molar-refractivity contribution in [2.24, 2.45) is 5.73 Å². The second kappa shape index (κ2) is 7.34. The van der Waals surface area contributed by atoms with E-state index in [4.69, 9.17) is 17.3 Å². The van der Waals surface area contributed by atoms with Gasteiger partial charge in [0.25, 0.3) is 10.1 Å². The first-order valence-electron chi connectivity index (χ1n) is 8.20. The number of H-pyrrole nitrogens is 1. The van der Waals surface area contributed by atoms with Gasteiger partial charge in [-0.3, -0.25) is 14.1 Å². The number of pyridine rings is 1. The van der Waals surface area contributed by atoms with E-state index < -0.39 is 27.1 Å². The molecule has 1 atom stereocenters. The number of hydrogen-bond donors (Lipinski definition) is 3. The maximum Gasteiger partial charge on any atom is 0.272 e. The molecule has 0 saturated heterocycles. The average Bonchev–Trinajstić information content (AvgIpc) is 3.03. The Kier molecular flexibility index (Phi) is 5.24. The van der Waals surface area contributed by atoms with Crippen LogP contribution in [-0.2, 0) is 10.1 Å². The Morgan fingerprint density at radius 2 is 2.00 bits per heavy atom. The number of nitrogens with two attached hydrogens (primary N) is 1. The summed E-state index contributed by atoms with van der Waals surface area (Å²) in [6, 6.07) is 5.40. The Morgan fingerprint density at radius 1 is 1.29 bits per heavy atom. The number of nitrogens with zero attached hydrogens (tertiary/aromatic N) is 1. The van der Waals surface area contributed by atoms with Gasteiger partial charge in [-0.15, -0.1) is 0 Å². The molecule has 4 N–H and O–H groups in total. The smallest absolute Gasteiger partial charge is 0.272 e. The van der Waals surface area contributed by atoms with Crippen molar-refractivity contribution in [1.82, 2.24) is 9.97 Å². The number of rotatable bonds is 6. The Balaban J connectivity index is 2.25.